The third kappa shape index (κ3) is 14.0. The zero-order chi connectivity index (χ0) is 39.0. The van der Waals surface area contributed by atoms with Gasteiger partial charge in [0.2, 0.25) is 23.6 Å². The van der Waals surface area contributed by atoms with Gasteiger partial charge in [0.1, 0.15) is 24.7 Å². The lowest BCUT2D eigenvalue weighted by atomic mass is 10.0. The molecular weight excluding hydrogens is 676 g/mol. The minimum absolute atomic E-state index is 0.104. The van der Waals surface area contributed by atoms with Crippen LogP contribution in [0.25, 0.3) is 0 Å². The summed E-state index contributed by atoms with van der Waals surface area (Å²) in [5, 5.41) is 10.7. The van der Waals surface area contributed by atoms with Crippen LogP contribution in [0.15, 0.2) is 36.4 Å². The lowest BCUT2D eigenvalue weighted by Crippen LogP contribution is -2.54. The van der Waals surface area contributed by atoms with Crippen LogP contribution in [0, 0.1) is 11.8 Å². The third-order valence-corrected chi connectivity index (χ3v) is 8.27. The molecule has 1 heterocycles. The number of unbranched alkanes of at least 4 members (excludes halogenated alkanes) is 2. The molecule has 1 aromatic carbocycles. The lowest BCUT2D eigenvalue weighted by Gasteiger charge is -2.27. The number of nitrogens with zero attached hydrogens (tertiary/aromatic N) is 2. The number of nitrogens with two attached hydrogens (primary N) is 2. The van der Waals surface area contributed by atoms with Crippen molar-refractivity contribution in [1.29, 1.82) is 0 Å². The van der Waals surface area contributed by atoms with Gasteiger partial charge < -0.3 is 37.5 Å². The van der Waals surface area contributed by atoms with Gasteiger partial charge in [0.25, 0.3) is 11.8 Å². The molecule has 0 spiro atoms. The smallest absolute Gasteiger partial charge is 0.410 e. The SMILES string of the molecule is CC(C)C(NC(=O)CCCCCN1C(=O)C=CC1=O)C(=O)N[C@@H](CCCNC(N)=O)C(=O)Nc1ccc(COC(=O)N(C)[C@H](C(N)=O)C(C)C)cc1. The molecule has 2 rings (SSSR count). The van der Waals surface area contributed by atoms with Crippen molar-refractivity contribution >= 4 is 53.3 Å². The molecule has 8 N–H and O–H groups in total. The molecule has 17 heteroatoms. The van der Waals surface area contributed by atoms with Crippen LogP contribution in [-0.4, -0.2) is 95.6 Å². The molecule has 0 fully saturated rings. The molecule has 0 aromatic heterocycles. The maximum absolute atomic E-state index is 13.4. The fourth-order valence-corrected chi connectivity index (χ4v) is 5.45. The average molecular weight is 729 g/mol. The number of rotatable bonds is 21. The number of carbonyl (C=O) groups is 8. The Balaban J connectivity index is 1.98. The molecule has 0 saturated heterocycles. The van der Waals surface area contributed by atoms with Crippen LogP contribution in [0.3, 0.4) is 0 Å². The molecule has 1 unspecified atom stereocenters. The Bertz CT molecular complexity index is 1460. The van der Waals surface area contributed by atoms with E-state index in [4.69, 9.17) is 16.2 Å². The number of nitrogens with one attached hydrogen (secondary N) is 4. The fraction of sp³-hybridized carbons (Fsp3) is 0.543. The monoisotopic (exact) mass is 728 g/mol. The van der Waals surface area contributed by atoms with Gasteiger partial charge in [-0.15, -0.1) is 0 Å². The van der Waals surface area contributed by atoms with Gasteiger partial charge in [0, 0.05) is 44.4 Å². The standard InChI is InChI=1S/C35H52N8O9/c1-21(2)29(41-26(44)11-7-6-8-19-43-27(45)16-17-28(43)46)33(49)40-25(10-9-18-38-34(37)50)32(48)39-24-14-12-23(13-15-24)20-52-35(51)42(5)30(22(3)4)31(36)47/h12-17,21-22,25,29-30H,6-11,18-20H2,1-5H3,(H2,36,47)(H,39,48)(H,40,49)(H,41,44)(H3,37,38,50)/t25-,29?,30-/m0/s1. The van der Waals surface area contributed by atoms with Crippen molar-refractivity contribution < 1.29 is 43.1 Å². The number of ether oxygens (including phenoxy) is 1. The number of amides is 9. The van der Waals surface area contributed by atoms with E-state index in [-0.39, 0.29) is 62.1 Å². The second kappa shape index (κ2) is 21.0. The van der Waals surface area contributed by atoms with E-state index in [9.17, 15) is 38.4 Å². The molecule has 0 saturated carbocycles. The van der Waals surface area contributed by atoms with Crippen molar-refractivity contribution in [2.75, 3.05) is 25.5 Å². The average Bonchev–Trinajstić information content (AvgIpc) is 3.39. The highest BCUT2D eigenvalue weighted by atomic mass is 16.6. The van der Waals surface area contributed by atoms with E-state index in [1.54, 1.807) is 52.0 Å². The molecule has 0 aliphatic carbocycles. The number of likely N-dealkylation sites (N-methyl/N-ethyl adjacent to an activating group) is 1. The summed E-state index contributed by atoms with van der Waals surface area (Å²) in [6.45, 7) is 7.36. The fourth-order valence-electron chi connectivity index (χ4n) is 5.45. The summed E-state index contributed by atoms with van der Waals surface area (Å²) in [6.07, 6.45) is 3.88. The Hall–Kier alpha value is -5.48. The van der Waals surface area contributed by atoms with Gasteiger partial charge in [0.05, 0.1) is 0 Å². The van der Waals surface area contributed by atoms with Gasteiger partial charge >= 0.3 is 12.1 Å². The predicted octanol–water partition coefficient (Wildman–Crippen LogP) is 1.26. The van der Waals surface area contributed by atoms with Crippen molar-refractivity contribution in [3.05, 3.63) is 42.0 Å². The first-order chi connectivity index (χ1) is 24.5. The lowest BCUT2D eigenvalue weighted by molar-refractivity contribution is -0.137. The Labute approximate surface area is 303 Å². The zero-order valence-corrected chi connectivity index (χ0v) is 30.4. The number of benzene rings is 1. The van der Waals surface area contributed by atoms with Crippen LogP contribution in [0.4, 0.5) is 15.3 Å². The van der Waals surface area contributed by atoms with Gasteiger partial charge in [-0.25, -0.2) is 9.59 Å². The Kier molecular flexibility index (Phi) is 17.3. The number of hydrogen-bond donors (Lipinski definition) is 6. The first kappa shape index (κ1) is 42.7. The molecule has 3 atom stereocenters. The summed E-state index contributed by atoms with van der Waals surface area (Å²) in [4.78, 5) is 101. The first-order valence-corrected chi connectivity index (χ1v) is 17.3. The molecular formula is C35H52N8O9. The number of urea groups is 1. The summed E-state index contributed by atoms with van der Waals surface area (Å²) in [5.41, 5.74) is 11.6. The van der Waals surface area contributed by atoms with Crippen LogP contribution < -0.4 is 32.7 Å². The molecule has 286 valence electrons. The molecule has 1 aliphatic rings. The van der Waals surface area contributed by atoms with Gasteiger partial charge in [0.15, 0.2) is 0 Å². The van der Waals surface area contributed by atoms with Crippen LogP contribution in [0.2, 0.25) is 0 Å². The van der Waals surface area contributed by atoms with Gasteiger partial charge in [-0.05, 0) is 55.2 Å². The molecule has 1 aromatic rings. The van der Waals surface area contributed by atoms with Crippen LogP contribution in [-0.2, 0) is 40.1 Å². The highest BCUT2D eigenvalue weighted by Gasteiger charge is 2.30. The minimum Gasteiger partial charge on any atom is -0.445 e. The summed E-state index contributed by atoms with van der Waals surface area (Å²) >= 11 is 0. The normalized spacial score (nSPS) is 14.1. The highest BCUT2D eigenvalue weighted by Crippen LogP contribution is 2.15. The summed E-state index contributed by atoms with van der Waals surface area (Å²) in [5.74, 6) is -3.36. The topological polar surface area (TPSA) is 252 Å². The maximum atomic E-state index is 13.4. The Morgan fingerprint density at radius 1 is 0.827 bits per heavy atom. The summed E-state index contributed by atoms with van der Waals surface area (Å²) < 4.78 is 5.32. The molecule has 0 bridgehead atoms. The van der Waals surface area contributed by atoms with E-state index in [0.29, 0.717) is 36.9 Å². The van der Waals surface area contributed by atoms with Crippen molar-refractivity contribution in [3.63, 3.8) is 0 Å². The molecule has 0 radical (unpaired) electrons. The Morgan fingerprint density at radius 3 is 2.02 bits per heavy atom. The van der Waals surface area contributed by atoms with Crippen LogP contribution in [0.1, 0.15) is 71.8 Å². The van der Waals surface area contributed by atoms with Crippen molar-refractivity contribution in [2.24, 2.45) is 23.3 Å². The molecule has 1 aliphatic heterocycles. The van der Waals surface area contributed by atoms with Crippen molar-refractivity contribution in [1.82, 2.24) is 25.8 Å². The van der Waals surface area contributed by atoms with Gasteiger partial charge in [-0.2, -0.15) is 0 Å². The van der Waals surface area contributed by atoms with E-state index in [0.717, 1.165) is 9.80 Å². The second-order valence-corrected chi connectivity index (χ2v) is 13.2. The summed E-state index contributed by atoms with van der Waals surface area (Å²) in [7, 11) is 1.43. The van der Waals surface area contributed by atoms with Crippen LogP contribution in [0.5, 0.6) is 0 Å². The molecule has 9 amide bonds. The van der Waals surface area contributed by atoms with E-state index < -0.39 is 48.0 Å². The first-order valence-electron chi connectivity index (χ1n) is 17.3. The molecule has 17 nitrogen and oxygen atoms in total. The number of hydrogen-bond acceptors (Lipinski definition) is 9. The van der Waals surface area contributed by atoms with E-state index in [1.165, 1.54) is 19.2 Å². The zero-order valence-electron chi connectivity index (χ0n) is 30.4. The Morgan fingerprint density at radius 2 is 1.46 bits per heavy atom. The number of primary amides is 2. The van der Waals surface area contributed by atoms with Crippen molar-refractivity contribution in [3.8, 4) is 0 Å². The van der Waals surface area contributed by atoms with E-state index in [1.807, 2.05) is 0 Å². The summed E-state index contributed by atoms with van der Waals surface area (Å²) in [6, 6.07) is 2.90. The highest BCUT2D eigenvalue weighted by molar-refractivity contribution is 6.12. The third-order valence-electron chi connectivity index (χ3n) is 8.27. The second-order valence-electron chi connectivity index (χ2n) is 13.2. The quantitative estimate of drug-likeness (QED) is 0.0786. The number of carbonyl (C=O) groups excluding carboxylic acids is 8. The molecule has 52 heavy (non-hydrogen) atoms. The number of anilines is 1. The maximum Gasteiger partial charge on any atom is 0.410 e. The minimum atomic E-state index is -1.04. The number of imide groups is 1. The largest absolute Gasteiger partial charge is 0.445 e. The van der Waals surface area contributed by atoms with E-state index >= 15 is 0 Å². The predicted molar refractivity (Wildman–Crippen MR) is 191 cm³/mol. The van der Waals surface area contributed by atoms with Crippen LogP contribution >= 0.6 is 0 Å². The van der Waals surface area contributed by atoms with Gasteiger partial charge in [-0.1, -0.05) is 46.2 Å². The van der Waals surface area contributed by atoms with Crippen molar-refractivity contribution in [2.45, 2.75) is 91.0 Å². The van der Waals surface area contributed by atoms with E-state index in [2.05, 4.69) is 21.3 Å². The van der Waals surface area contributed by atoms with Gasteiger partial charge in [-0.3, -0.25) is 38.6 Å².